The van der Waals surface area contributed by atoms with E-state index in [1.165, 1.54) is 12.1 Å². The third kappa shape index (κ3) is 3.29. The largest absolute Gasteiger partial charge is 0.364 e. The Bertz CT molecular complexity index is 460. The van der Waals surface area contributed by atoms with Crippen molar-refractivity contribution in [2.24, 2.45) is 5.92 Å². The average Bonchev–Trinajstić information content (AvgIpc) is 2.38. The van der Waals surface area contributed by atoms with Crippen LogP contribution >= 0.6 is 27.5 Å². The van der Waals surface area contributed by atoms with Crippen LogP contribution in [-0.2, 0) is 0 Å². The number of anilines is 1. The van der Waals surface area contributed by atoms with Crippen LogP contribution in [0.25, 0.3) is 0 Å². The van der Waals surface area contributed by atoms with Crippen molar-refractivity contribution in [3.63, 3.8) is 0 Å². The Kier molecular flexibility index (Phi) is 5.32. The predicted molar refractivity (Wildman–Crippen MR) is 87.2 cm³/mol. The first kappa shape index (κ1) is 16.1. The minimum absolute atomic E-state index is 0.313. The van der Waals surface area contributed by atoms with E-state index in [1.807, 2.05) is 0 Å². The van der Waals surface area contributed by atoms with Crippen molar-refractivity contribution in [3.05, 3.63) is 27.4 Å². The molecule has 1 aromatic carbocycles. The van der Waals surface area contributed by atoms with E-state index in [1.54, 1.807) is 0 Å². The molecule has 1 saturated heterocycles. The van der Waals surface area contributed by atoms with Crippen LogP contribution in [0, 0.1) is 11.7 Å². The number of rotatable bonds is 3. The van der Waals surface area contributed by atoms with Gasteiger partial charge in [0, 0.05) is 29.6 Å². The van der Waals surface area contributed by atoms with Crippen molar-refractivity contribution in [1.82, 2.24) is 5.32 Å². The van der Waals surface area contributed by atoms with Crippen LogP contribution in [0.2, 0.25) is 5.02 Å². The second-order valence-electron chi connectivity index (χ2n) is 5.62. The van der Waals surface area contributed by atoms with Crippen molar-refractivity contribution in [1.29, 1.82) is 0 Å². The van der Waals surface area contributed by atoms with Crippen LogP contribution in [0.4, 0.5) is 10.1 Å². The topological polar surface area (TPSA) is 15.3 Å². The lowest BCUT2D eigenvalue weighted by Gasteiger charge is -2.43. The highest BCUT2D eigenvalue weighted by Gasteiger charge is 2.30. The highest BCUT2D eigenvalue weighted by molar-refractivity contribution is 9.10. The summed E-state index contributed by atoms with van der Waals surface area (Å²) in [5.41, 5.74) is 0.898. The summed E-state index contributed by atoms with van der Waals surface area (Å²) in [6.45, 7) is 8.42. The van der Waals surface area contributed by atoms with Crippen LogP contribution in [0.15, 0.2) is 16.6 Å². The second-order valence-corrected chi connectivity index (χ2v) is 6.88. The summed E-state index contributed by atoms with van der Waals surface area (Å²) in [4.78, 5) is 2.28. The highest BCUT2D eigenvalue weighted by Crippen LogP contribution is 2.37. The van der Waals surface area contributed by atoms with E-state index in [2.05, 4.69) is 46.9 Å². The van der Waals surface area contributed by atoms with Gasteiger partial charge in [0.2, 0.25) is 0 Å². The monoisotopic (exact) mass is 362 g/mol. The smallest absolute Gasteiger partial charge is 0.125 e. The highest BCUT2D eigenvalue weighted by atomic mass is 79.9. The molecule has 0 spiro atoms. The number of nitrogens with one attached hydrogen (secondary N) is 1. The fraction of sp³-hybridized carbons (Fsp3) is 0.600. The molecule has 112 valence electrons. The number of piperazine rings is 1. The molecule has 0 bridgehead atoms. The van der Waals surface area contributed by atoms with Crippen molar-refractivity contribution in [2.45, 2.75) is 39.3 Å². The maximum atomic E-state index is 13.4. The van der Waals surface area contributed by atoms with Gasteiger partial charge in [0.15, 0.2) is 0 Å². The predicted octanol–water partition coefficient (Wildman–Crippen LogP) is 4.45. The lowest BCUT2D eigenvalue weighted by atomic mass is 9.95. The fourth-order valence-electron chi connectivity index (χ4n) is 2.67. The third-order valence-corrected chi connectivity index (χ3v) is 5.09. The van der Waals surface area contributed by atoms with Crippen LogP contribution < -0.4 is 10.2 Å². The van der Waals surface area contributed by atoms with Crippen LogP contribution in [0.3, 0.4) is 0 Å². The molecule has 1 N–H and O–H groups in total. The van der Waals surface area contributed by atoms with Gasteiger partial charge in [0.05, 0.1) is 10.7 Å². The summed E-state index contributed by atoms with van der Waals surface area (Å²) in [6, 6.07) is 3.63. The summed E-state index contributed by atoms with van der Waals surface area (Å²) in [5, 5.41) is 4.06. The van der Waals surface area contributed by atoms with Crippen molar-refractivity contribution in [3.8, 4) is 0 Å². The molecule has 0 amide bonds. The molecule has 2 nitrogen and oxygen atoms in total. The summed E-state index contributed by atoms with van der Waals surface area (Å²) in [6.07, 6.45) is 1.14. The molecule has 1 fully saturated rings. The van der Waals surface area contributed by atoms with Gasteiger partial charge in [0.25, 0.3) is 0 Å². The zero-order chi connectivity index (χ0) is 14.9. The number of hydrogen-bond acceptors (Lipinski definition) is 2. The number of nitrogens with zero attached hydrogens (tertiary/aromatic N) is 1. The van der Waals surface area contributed by atoms with Crippen LogP contribution in [-0.4, -0.2) is 25.2 Å². The Morgan fingerprint density at radius 1 is 1.55 bits per heavy atom. The maximum absolute atomic E-state index is 13.4. The summed E-state index contributed by atoms with van der Waals surface area (Å²) >= 11 is 9.71. The van der Waals surface area contributed by atoms with E-state index in [4.69, 9.17) is 11.6 Å². The molecule has 1 aliphatic heterocycles. The molecule has 0 saturated carbocycles. The Labute approximate surface area is 133 Å². The fourth-order valence-corrected chi connectivity index (χ4v) is 3.76. The molecule has 20 heavy (non-hydrogen) atoms. The Morgan fingerprint density at radius 3 is 2.85 bits per heavy atom. The van der Waals surface area contributed by atoms with Crippen molar-refractivity contribution in [2.75, 3.05) is 18.0 Å². The molecule has 1 aromatic rings. The third-order valence-electron chi connectivity index (χ3n) is 4.20. The molecular formula is C15H21BrClFN2. The molecule has 1 aliphatic rings. The average molecular weight is 364 g/mol. The first-order valence-electron chi connectivity index (χ1n) is 7.08. The van der Waals surface area contributed by atoms with Gasteiger partial charge in [-0.2, -0.15) is 0 Å². The Balaban J connectivity index is 2.30. The van der Waals surface area contributed by atoms with Gasteiger partial charge in [-0.3, -0.25) is 0 Å². The quantitative estimate of drug-likeness (QED) is 0.853. The first-order chi connectivity index (χ1) is 9.43. The first-order valence-corrected chi connectivity index (χ1v) is 8.25. The standard InChI is InChI=1S/C15H21BrClFN2/c1-4-9(2)14-8-20(10(3)7-19-14)15-12(16)5-11(18)6-13(15)17/h5-6,9-10,14,19H,4,7-8H2,1-3H3. The van der Waals surface area contributed by atoms with Gasteiger partial charge in [0.1, 0.15) is 5.82 Å². The summed E-state index contributed by atoms with van der Waals surface area (Å²) in [5.74, 6) is 0.287. The van der Waals surface area contributed by atoms with Crippen molar-refractivity contribution < 1.29 is 4.39 Å². The molecule has 3 unspecified atom stereocenters. The zero-order valence-corrected chi connectivity index (χ0v) is 14.4. The lowest BCUT2D eigenvalue weighted by Crippen LogP contribution is -2.57. The second kappa shape index (κ2) is 6.63. The number of benzene rings is 1. The minimum atomic E-state index is -0.313. The summed E-state index contributed by atoms with van der Waals surface area (Å²) in [7, 11) is 0. The van der Waals surface area contributed by atoms with E-state index in [0.717, 1.165) is 29.7 Å². The van der Waals surface area contributed by atoms with Gasteiger partial charge < -0.3 is 10.2 Å². The van der Waals surface area contributed by atoms with E-state index in [9.17, 15) is 4.39 Å². The minimum Gasteiger partial charge on any atom is -0.364 e. The molecule has 3 atom stereocenters. The van der Waals surface area contributed by atoms with Crippen LogP contribution in [0.5, 0.6) is 0 Å². The van der Waals surface area contributed by atoms with Gasteiger partial charge >= 0.3 is 0 Å². The van der Waals surface area contributed by atoms with E-state index in [-0.39, 0.29) is 5.82 Å². The summed E-state index contributed by atoms with van der Waals surface area (Å²) < 4.78 is 14.1. The lowest BCUT2D eigenvalue weighted by molar-refractivity contribution is 0.315. The van der Waals surface area contributed by atoms with Crippen molar-refractivity contribution >= 4 is 33.2 Å². The Hall–Kier alpha value is -0.320. The Morgan fingerprint density at radius 2 is 2.25 bits per heavy atom. The maximum Gasteiger partial charge on any atom is 0.125 e. The van der Waals surface area contributed by atoms with E-state index < -0.39 is 0 Å². The molecule has 1 heterocycles. The molecule has 0 aromatic heterocycles. The van der Waals surface area contributed by atoms with E-state index >= 15 is 0 Å². The molecular weight excluding hydrogens is 343 g/mol. The number of hydrogen-bond donors (Lipinski definition) is 1. The molecule has 0 radical (unpaired) electrons. The van der Waals surface area contributed by atoms with Crippen LogP contribution in [0.1, 0.15) is 27.2 Å². The SMILES string of the molecule is CCC(C)C1CN(c2c(Cl)cc(F)cc2Br)C(C)CN1. The zero-order valence-electron chi connectivity index (χ0n) is 12.1. The van der Waals surface area contributed by atoms with Gasteiger partial charge in [-0.05, 0) is 40.9 Å². The molecule has 0 aliphatic carbocycles. The van der Waals surface area contributed by atoms with E-state index in [0.29, 0.717) is 23.0 Å². The van der Waals surface area contributed by atoms with Gasteiger partial charge in [-0.15, -0.1) is 0 Å². The normalized spacial score (nSPS) is 24.8. The van der Waals surface area contributed by atoms with Gasteiger partial charge in [-0.1, -0.05) is 31.9 Å². The molecule has 5 heteroatoms. The van der Waals surface area contributed by atoms with Gasteiger partial charge in [-0.25, -0.2) is 4.39 Å². The molecule has 2 rings (SSSR count). The number of halogens is 3.